The number of benzene rings is 1. The van der Waals surface area contributed by atoms with Crippen molar-refractivity contribution in [2.75, 3.05) is 23.1 Å². The van der Waals surface area contributed by atoms with Crippen LogP contribution in [0, 0.1) is 0 Å². The summed E-state index contributed by atoms with van der Waals surface area (Å²) in [6, 6.07) is 7.97. The molecule has 3 N–H and O–H groups in total. The molecule has 2 rings (SSSR count). The minimum absolute atomic E-state index is 0.194. The normalized spacial score (nSPS) is 11.4. The molecule has 0 aliphatic heterocycles. The zero-order valence-corrected chi connectivity index (χ0v) is 14.8. The Morgan fingerprint density at radius 1 is 1.20 bits per heavy atom. The van der Waals surface area contributed by atoms with Gasteiger partial charge in [0, 0.05) is 24.9 Å². The summed E-state index contributed by atoms with van der Waals surface area (Å²) in [5, 5.41) is 8.68. The van der Waals surface area contributed by atoms with Crippen LogP contribution in [0.5, 0.6) is 5.75 Å². The van der Waals surface area contributed by atoms with Gasteiger partial charge in [-0.3, -0.25) is 9.59 Å². The van der Waals surface area contributed by atoms with Crippen LogP contribution in [0.4, 0.5) is 17.1 Å². The lowest BCUT2D eigenvalue weighted by molar-refractivity contribution is -0.116. The van der Waals surface area contributed by atoms with Crippen LogP contribution in [-0.4, -0.2) is 29.9 Å². The van der Waals surface area contributed by atoms with Gasteiger partial charge in [0.15, 0.2) is 5.15 Å². The third kappa shape index (κ3) is 5.09. The van der Waals surface area contributed by atoms with Gasteiger partial charge in [-0.1, -0.05) is 11.6 Å². The van der Waals surface area contributed by atoms with Crippen LogP contribution in [0.15, 0.2) is 36.5 Å². The minimum Gasteiger partial charge on any atom is -0.494 e. The van der Waals surface area contributed by atoms with E-state index in [4.69, 9.17) is 16.3 Å². The van der Waals surface area contributed by atoms with E-state index in [0.717, 1.165) is 0 Å². The van der Waals surface area contributed by atoms with E-state index in [1.54, 1.807) is 43.5 Å². The maximum atomic E-state index is 12.3. The summed E-state index contributed by atoms with van der Waals surface area (Å²) < 4.78 is 5.26. The second-order valence-corrected chi connectivity index (χ2v) is 5.65. The number of hydrogen-bond donors (Lipinski definition) is 3. The molecule has 0 unspecified atom stereocenters. The molecule has 0 aliphatic rings. The summed E-state index contributed by atoms with van der Waals surface area (Å²) in [4.78, 5) is 27.4. The molecular weight excluding hydrogens is 344 g/mol. The van der Waals surface area contributed by atoms with Crippen molar-refractivity contribution in [3.05, 3.63) is 41.7 Å². The van der Waals surface area contributed by atoms with Crippen LogP contribution in [-0.2, 0) is 9.59 Å². The van der Waals surface area contributed by atoms with Crippen LogP contribution in [0.3, 0.4) is 0 Å². The lowest BCUT2D eigenvalue weighted by Crippen LogP contribution is -2.32. The number of amides is 2. The first kappa shape index (κ1) is 18.5. The topological polar surface area (TPSA) is 92.3 Å². The van der Waals surface area contributed by atoms with Gasteiger partial charge in [-0.2, -0.15) is 0 Å². The Bertz CT molecular complexity index is 782. The van der Waals surface area contributed by atoms with E-state index in [1.807, 2.05) is 0 Å². The summed E-state index contributed by atoms with van der Waals surface area (Å²) in [5.41, 5.74) is 1.67. The number of hydrogen-bond acceptors (Lipinski definition) is 5. The van der Waals surface area contributed by atoms with Gasteiger partial charge >= 0.3 is 0 Å². The van der Waals surface area contributed by atoms with Crippen molar-refractivity contribution in [1.82, 2.24) is 4.98 Å². The largest absolute Gasteiger partial charge is 0.494 e. The highest BCUT2D eigenvalue weighted by Gasteiger charge is 2.15. The van der Waals surface area contributed by atoms with Gasteiger partial charge in [0.05, 0.1) is 18.5 Å². The Balaban J connectivity index is 2.06. The summed E-state index contributed by atoms with van der Waals surface area (Å²) in [6.07, 6.45) is 1.54. The number of carbonyl (C=O) groups excluding carboxylic acids is 2. The van der Waals surface area contributed by atoms with Crippen LogP contribution < -0.4 is 20.7 Å². The number of halogens is 1. The number of ether oxygens (including phenoxy) is 1. The maximum absolute atomic E-state index is 12.3. The van der Waals surface area contributed by atoms with Gasteiger partial charge < -0.3 is 20.7 Å². The third-order valence-electron chi connectivity index (χ3n) is 3.31. The second kappa shape index (κ2) is 8.34. The van der Waals surface area contributed by atoms with Gasteiger partial charge in [0.2, 0.25) is 11.8 Å². The highest BCUT2D eigenvalue weighted by Crippen LogP contribution is 2.28. The fraction of sp³-hybridized carbons (Fsp3) is 0.235. The van der Waals surface area contributed by atoms with E-state index < -0.39 is 6.04 Å². The predicted octanol–water partition coefficient (Wildman–Crippen LogP) is 3.14. The molecule has 2 aromatic rings. The lowest BCUT2D eigenvalue weighted by atomic mass is 10.2. The molecule has 0 saturated carbocycles. The molecule has 1 aromatic heterocycles. The van der Waals surface area contributed by atoms with Gasteiger partial charge in [-0.05, 0) is 31.2 Å². The van der Waals surface area contributed by atoms with E-state index in [-0.39, 0.29) is 17.0 Å². The smallest absolute Gasteiger partial charge is 0.246 e. The van der Waals surface area contributed by atoms with E-state index in [1.165, 1.54) is 14.0 Å². The molecule has 25 heavy (non-hydrogen) atoms. The van der Waals surface area contributed by atoms with Crippen LogP contribution in [0.1, 0.15) is 13.8 Å². The Morgan fingerprint density at radius 2 is 1.96 bits per heavy atom. The van der Waals surface area contributed by atoms with Crippen LogP contribution in [0.2, 0.25) is 5.15 Å². The Labute approximate surface area is 150 Å². The van der Waals surface area contributed by atoms with Gasteiger partial charge in [-0.25, -0.2) is 4.98 Å². The minimum atomic E-state index is -0.535. The first-order valence-electron chi connectivity index (χ1n) is 7.54. The second-order valence-electron chi connectivity index (χ2n) is 5.29. The van der Waals surface area contributed by atoms with E-state index >= 15 is 0 Å². The zero-order chi connectivity index (χ0) is 18.4. The van der Waals surface area contributed by atoms with Crippen molar-refractivity contribution in [3.8, 4) is 5.75 Å². The number of methoxy groups -OCH3 is 1. The number of nitrogens with zero attached hydrogens (tertiary/aromatic N) is 1. The Hall–Kier alpha value is -2.80. The predicted molar refractivity (Wildman–Crippen MR) is 98.3 cm³/mol. The standard InChI is InChI=1S/C17H19ClN4O3/c1-10(17(24)22-14-5-4-8-19-16(14)18)20-12-6-7-13(21-11(2)23)15(9-12)25-3/h4-10,20H,1-3H3,(H,21,23)(H,22,24)/t10-/m0/s1. The number of pyridine rings is 1. The highest BCUT2D eigenvalue weighted by atomic mass is 35.5. The van der Waals surface area contributed by atoms with Crippen LogP contribution >= 0.6 is 11.6 Å². The molecule has 1 atom stereocenters. The van der Waals surface area contributed by atoms with E-state index in [0.29, 0.717) is 22.8 Å². The Morgan fingerprint density at radius 3 is 2.60 bits per heavy atom. The Kier molecular flexibility index (Phi) is 6.19. The van der Waals surface area contributed by atoms with E-state index in [9.17, 15) is 9.59 Å². The van der Waals surface area contributed by atoms with Crippen molar-refractivity contribution < 1.29 is 14.3 Å². The summed E-state index contributed by atoms with van der Waals surface area (Å²) in [5.74, 6) is 0.0306. The third-order valence-corrected chi connectivity index (χ3v) is 3.61. The average Bonchev–Trinajstić information content (AvgIpc) is 2.57. The van der Waals surface area contributed by atoms with Crippen molar-refractivity contribution in [2.24, 2.45) is 0 Å². The number of carbonyl (C=O) groups is 2. The first-order valence-corrected chi connectivity index (χ1v) is 7.92. The average molecular weight is 363 g/mol. The molecular formula is C17H19ClN4O3. The van der Waals surface area contributed by atoms with Crippen molar-refractivity contribution in [1.29, 1.82) is 0 Å². The quantitative estimate of drug-likeness (QED) is 0.686. The summed E-state index contributed by atoms with van der Waals surface area (Å²) in [7, 11) is 1.50. The molecule has 0 radical (unpaired) electrons. The van der Waals surface area contributed by atoms with Gasteiger partial charge in [0.25, 0.3) is 0 Å². The van der Waals surface area contributed by atoms with E-state index in [2.05, 4.69) is 20.9 Å². The molecule has 7 nitrogen and oxygen atoms in total. The molecule has 132 valence electrons. The number of rotatable bonds is 6. The summed E-state index contributed by atoms with van der Waals surface area (Å²) >= 11 is 5.93. The SMILES string of the molecule is COc1cc(N[C@@H](C)C(=O)Nc2cccnc2Cl)ccc1NC(C)=O. The number of aromatic nitrogens is 1. The molecule has 0 saturated heterocycles. The van der Waals surface area contributed by atoms with Crippen molar-refractivity contribution in [3.63, 3.8) is 0 Å². The van der Waals surface area contributed by atoms with Gasteiger partial charge in [-0.15, -0.1) is 0 Å². The molecule has 1 heterocycles. The van der Waals surface area contributed by atoms with Gasteiger partial charge in [0.1, 0.15) is 11.8 Å². The molecule has 0 fully saturated rings. The molecule has 0 aliphatic carbocycles. The molecule has 8 heteroatoms. The highest BCUT2D eigenvalue weighted by molar-refractivity contribution is 6.32. The fourth-order valence-electron chi connectivity index (χ4n) is 2.11. The molecule has 1 aromatic carbocycles. The zero-order valence-electron chi connectivity index (χ0n) is 14.1. The lowest BCUT2D eigenvalue weighted by Gasteiger charge is -2.17. The fourth-order valence-corrected chi connectivity index (χ4v) is 2.28. The summed E-state index contributed by atoms with van der Waals surface area (Å²) in [6.45, 7) is 3.13. The van der Waals surface area contributed by atoms with Crippen LogP contribution in [0.25, 0.3) is 0 Å². The van der Waals surface area contributed by atoms with Crippen molar-refractivity contribution >= 4 is 40.5 Å². The number of nitrogens with one attached hydrogen (secondary N) is 3. The molecule has 0 bridgehead atoms. The molecule has 2 amide bonds. The first-order chi connectivity index (χ1) is 11.9. The molecule has 0 spiro atoms. The monoisotopic (exact) mass is 362 g/mol. The maximum Gasteiger partial charge on any atom is 0.246 e. The number of anilines is 3. The van der Waals surface area contributed by atoms with Crippen molar-refractivity contribution in [2.45, 2.75) is 19.9 Å².